The summed E-state index contributed by atoms with van der Waals surface area (Å²) in [5, 5.41) is 0. The second-order valence-corrected chi connectivity index (χ2v) is 4.46. The van der Waals surface area contributed by atoms with Gasteiger partial charge in [0.05, 0.1) is 12.7 Å². The van der Waals surface area contributed by atoms with Crippen LogP contribution in [0.2, 0.25) is 0 Å². The molecule has 1 heterocycles. The standard InChI is InChI=1S/C11H23N3O2/c1-9(11(13)15)8-14-5-2-10(3-6-14)16-7-4-12/h9-10H,2-8,12H2,1H3,(H2,13,15). The monoisotopic (exact) mass is 229 g/mol. The van der Waals surface area contributed by atoms with Gasteiger partial charge in [-0.15, -0.1) is 0 Å². The minimum Gasteiger partial charge on any atom is -0.377 e. The number of ether oxygens (including phenoxy) is 1. The van der Waals surface area contributed by atoms with Gasteiger partial charge >= 0.3 is 0 Å². The molecule has 0 spiro atoms. The first-order valence-corrected chi connectivity index (χ1v) is 5.96. The summed E-state index contributed by atoms with van der Waals surface area (Å²) in [5.41, 5.74) is 10.6. The molecule has 16 heavy (non-hydrogen) atoms. The van der Waals surface area contributed by atoms with Crippen molar-refractivity contribution in [2.45, 2.75) is 25.9 Å². The molecule has 1 amide bonds. The lowest BCUT2D eigenvalue weighted by Gasteiger charge is -2.32. The Kier molecular flexibility index (Phi) is 5.73. The van der Waals surface area contributed by atoms with Crippen molar-refractivity contribution in [3.05, 3.63) is 0 Å². The molecule has 0 aliphatic carbocycles. The number of hydrogen-bond donors (Lipinski definition) is 2. The smallest absolute Gasteiger partial charge is 0.221 e. The molecule has 0 saturated carbocycles. The molecule has 0 aromatic carbocycles. The van der Waals surface area contributed by atoms with Crippen LogP contribution >= 0.6 is 0 Å². The first kappa shape index (κ1) is 13.4. The van der Waals surface area contributed by atoms with Crippen molar-refractivity contribution in [1.29, 1.82) is 0 Å². The van der Waals surface area contributed by atoms with E-state index in [4.69, 9.17) is 16.2 Å². The summed E-state index contributed by atoms with van der Waals surface area (Å²) >= 11 is 0. The molecule has 1 unspecified atom stereocenters. The lowest BCUT2D eigenvalue weighted by Crippen LogP contribution is -2.41. The largest absolute Gasteiger partial charge is 0.377 e. The third-order valence-electron chi connectivity index (χ3n) is 3.02. The van der Waals surface area contributed by atoms with Crippen LogP contribution in [0.15, 0.2) is 0 Å². The van der Waals surface area contributed by atoms with Crippen LogP contribution in [0.1, 0.15) is 19.8 Å². The Morgan fingerprint density at radius 3 is 2.62 bits per heavy atom. The van der Waals surface area contributed by atoms with Crippen LogP contribution in [0.3, 0.4) is 0 Å². The van der Waals surface area contributed by atoms with Crippen molar-refractivity contribution in [1.82, 2.24) is 4.90 Å². The molecule has 1 aliphatic heterocycles. The van der Waals surface area contributed by atoms with Crippen LogP contribution in [0, 0.1) is 5.92 Å². The zero-order valence-electron chi connectivity index (χ0n) is 10.0. The van der Waals surface area contributed by atoms with Gasteiger partial charge < -0.3 is 21.1 Å². The molecular formula is C11H23N3O2. The van der Waals surface area contributed by atoms with Crippen LogP contribution in [-0.2, 0) is 9.53 Å². The summed E-state index contributed by atoms with van der Waals surface area (Å²) in [6.45, 7) is 5.82. The number of primary amides is 1. The highest BCUT2D eigenvalue weighted by Crippen LogP contribution is 2.14. The van der Waals surface area contributed by atoms with Gasteiger partial charge in [-0.25, -0.2) is 0 Å². The fourth-order valence-electron chi connectivity index (χ4n) is 1.97. The van der Waals surface area contributed by atoms with Gasteiger partial charge in [0.25, 0.3) is 0 Å². The van der Waals surface area contributed by atoms with Crippen molar-refractivity contribution >= 4 is 5.91 Å². The van der Waals surface area contributed by atoms with E-state index >= 15 is 0 Å². The molecule has 1 rings (SSSR count). The Balaban J connectivity index is 2.19. The summed E-state index contributed by atoms with van der Waals surface area (Å²) in [5.74, 6) is -0.289. The summed E-state index contributed by atoms with van der Waals surface area (Å²) in [7, 11) is 0. The van der Waals surface area contributed by atoms with E-state index in [1.54, 1.807) is 0 Å². The van der Waals surface area contributed by atoms with Crippen LogP contribution in [0.25, 0.3) is 0 Å². The maximum atomic E-state index is 10.9. The second-order valence-electron chi connectivity index (χ2n) is 4.46. The average molecular weight is 229 g/mol. The molecule has 0 aromatic heterocycles. The van der Waals surface area contributed by atoms with Crippen LogP contribution in [0.5, 0.6) is 0 Å². The SMILES string of the molecule is CC(CN1CCC(OCCN)CC1)C(N)=O. The molecular weight excluding hydrogens is 206 g/mol. The molecule has 0 aromatic rings. The Hall–Kier alpha value is -0.650. The van der Waals surface area contributed by atoms with E-state index in [1.807, 2.05) is 6.92 Å². The van der Waals surface area contributed by atoms with E-state index < -0.39 is 0 Å². The summed E-state index contributed by atoms with van der Waals surface area (Å²) in [6.07, 6.45) is 2.38. The van der Waals surface area contributed by atoms with Crippen molar-refractivity contribution in [3.8, 4) is 0 Å². The van der Waals surface area contributed by atoms with Gasteiger partial charge in [-0.05, 0) is 12.8 Å². The van der Waals surface area contributed by atoms with Gasteiger partial charge in [-0.3, -0.25) is 4.79 Å². The Morgan fingerprint density at radius 2 is 2.12 bits per heavy atom. The average Bonchev–Trinajstić information content (AvgIpc) is 2.28. The molecule has 0 radical (unpaired) electrons. The molecule has 4 N–H and O–H groups in total. The van der Waals surface area contributed by atoms with Crippen molar-refractivity contribution in [2.24, 2.45) is 17.4 Å². The zero-order chi connectivity index (χ0) is 12.0. The van der Waals surface area contributed by atoms with Gasteiger partial charge in [0.1, 0.15) is 0 Å². The highest BCUT2D eigenvalue weighted by atomic mass is 16.5. The molecule has 1 atom stereocenters. The number of nitrogens with two attached hydrogens (primary N) is 2. The minimum absolute atomic E-state index is 0.0680. The number of amides is 1. The van der Waals surface area contributed by atoms with E-state index in [0.717, 1.165) is 32.5 Å². The van der Waals surface area contributed by atoms with Crippen molar-refractivity contribution in [3.63, 3.8) is 0 Å². The summed E-state index contributed by atoms with van der Waals surface area (Å²) < 4.78 is 5.59. The zero-order valence-corrected chi connectivity index (χ0v) is 10.0. The Bertz CT molecular complexity index is 215. The molecule has 5 heteroatoms. The topological polar surface area (TPSA) is 81.6 Å². The number of hydrogen-bond acceptors (Lipinski definition) is 4. The Labute approximate surface area is 97.1 Å². The number of nitrogens with zero attached hydrogens (tertiary/aromatic N) is 1. The van der Waals surface area contributed by atoms with Gasteiger partial charge in [-0.1, -0.05) is 6.92 Å². The van der Waals surface area contributed by atoms with Crippen LogP contribution in [-0.4, -0.2) is 49.7 Å². The normalized spacial score (nSPS) is 20.9. The van der Waals surface area contributed by atoms with Crippen LogP contribution in [0.4, 0.5) is 0 Å². The van der Waals surface area contributed by atoms with E-state index in [1.165, 1.54) is 0 Å². The minimum atomic E-state index is -0.221. The molecule has 1 aliphatic rings. The van der Waals surface area contributed by atoms with E-state index in [2.05, 4.69) is 4.90 Å². The first-order chi connectivity index (χ1) is 7.63. The lowest BCUT2D eigenvalue weighted by molar-refractivity contribution is -0.122. The van der Waals surface area contributed by atoms with Gasteiger partial charge in [0, 0.05) is 32.1 Å². The third kappa shape index (κ3) is 4.47. The maximum absolute atomic E-state index is 10.9. The highest BCUT2D eigenvalue weighted by Gasteiger charge is 2.21. The molecule has 94 valence electrons. The van der Waals surface area contributed by atoms with Gasteiger partial charge in [0.15, 0.2) is 0 Å². The molecule has 0 bridgehead atoms. The molecule has 1 saturated heterocycles. The van der Waals surface area contributed by atoms with Crippen molar-refractivity contribution < 1.29 is 9.53 Å². The number of carbonyl (C=O) groups excluding carboxylic acids is 1. The first-order valence-electron chi connectivity index (χ1n) is 5.96. The number of likely N-dealkylation sites (tertiary alicyclic amines) is 1. The number of piperidine rings is 1. The highest BCUT2D eigenvalue weighted by molar-refractivity contribution is 5.76. The van der Waals surface area contributed by atoms with Gasteiger partial charge in [0.2, 0.25) is 5.91 Å². The van der Waals surface area contributed by atoms with Crippen LogP contribution < -0.4 is 11.5 Å². The predicted molar refractivity (Wildman–Crippen MR) is 62.8 cm³/mol. The third-order valence-corrected chi connectivity index (χ3v) is 3.02. The lowest BCUT2D eigenvalue weighted by atomic mass is 10.1. The summed E-state index contributed by atoms with van der Waals surface area (Å²) in [4.78, 5) is 13.2. The quantitative estimate of drug-likeness (QED) is 0.646. The summed E-state index contributed by atoms with van der Waals surface area (Å²) in [6, 6.07) is 0. The Morgan fingerprint density at radius 1 is 1.50 bits per heavy atom. The van der Waals surface area contributed by atoms with Crippen molar-refractivity contribution in [2.75, 3.05) is 32.8 Å². The number of carbonyl (C=O) groups is 1. The second kappa shape index (κ2) is 6.83. The maximum Gasteiger partial charge on any atom is 0.221 e. The molecule has 1 fully saturated rings. The van der Waals surface area contributed by atoms with Gasteiger partial charge in [-0.2, -0.15) is 0 Å². The predicted octanol–water partition coefficient (Wildman–Crippen LogP) is -0.452. The fraction of sp³-hybridized carbons (Fsp3) is 0.909. The van der Waals surface area contributed by atoms with E-state index in [-0.39, 0.29) is 11.8 Å². The number of rotatable bonds is 6. The molecule has 5 nitrogen and oxygen atoms in total. The van der Waals surface area contributed by atoms with E-state index in [9.17, 15) is 4.79 Å². The fourth-order valence-corrected chi connectivity index (χ4v) is 1.97. The van der Waals surface area contributed by atoms with E-state index in [0.29, 0.717) is 19.3 Å².